The van der Waals surface area contributed by atoms with Crippen LogP contribution in [-0.4, -0.2) is 22.0 Å². The molecular weight excluding hydrogens is 371 g/mol. The molecule has 2 unspecified atom stereocenters. The first-order chi connectivity index (χ1) is 12.0. The summed E-state index contributed by atoms with van der Waals surface area (Å²) in [5.74, 6) is -0.200. The lowest BCUT2D eigenvalue weighted by Crippen LogP contribution is -2.47. The molecular formula is C20H22Cl2N2O2. The number of hydrogen-bond donors (Lipinski definition) is 0. The van der Waals surface area contributed by atoms with Crippen molar-refractivity contribution < 1.29 is 9.53 Å². The van der Waals surface area contributed by atoms with Crippen molar-refractivity contribution in [1.82, 2.24) is 9.97 Å². The van der Waals surface area contributed by atoms with Crippen molar-refractivity contribution in [2.45, 2.75) is 64.4 Å². The Hall–Kier alpha value is -1.39. The Bertz CT molecular complexity index is 956. The van der Waals surface area contributed by atoms with Gasteiger partial charge in [0.15, 0.2) is 0 Å². The Kier molecular flexibility index (Phi) is 3.69. The second kappa shape index (κ2) is 5.32. The molecule has 138 valence electrons. The van der Waals surface area contributed by atoms with Gasteiger partial charge in [0, 0.05) is 5.41 Å². The molecule has 1 saturated carbocycles. The van der Waals surface area contributed by atoms with Crippen LogP contribution in [0.2, 0.25) is 10.0 Å². The molecule has 0 spiro atoms. The summed E-state index contributed by atoms with van der Waals surface area (Å²) >= 11 is 12.3. The van der Waals surface area contributed by atoms with Crippen molar-refractivity contribution in [2.24, 2.45) is 5.41 Å². The van der Waals surface area contributed by atoms with E-state index in [0.29, 0.717) is 21.1 Å². The van der Waals surface area contributed by atoms with E-state index < -0.39 is 5.41 Å². The first-order valence-corrected chi connectivity index (χ1v) is 9.69. The van der Waals surface area contributed by atoms with Gasteiger partial charge in [0.1, 0.15) is 5.41 Å². The highest BCUT2D eigenvalue weighted by molar-refractivity contribution is 6.42. The van der Waals surface area contributed by atoms with Gasteiger partial charge in [-0.05, 0) is 44.2 Å². The number of esters is 1. The normalized spacial score (nSPS) is 28.6. The molecule has 0 aliphatic heterocycles. The summed E-state index contributed by atoms with van der Waals surface area (Å²) in [6, 6.07) is 3.46. The molecule has 2 bridgehead atoms. The summed E-state index contributed by atoms with van der Waals surface area (Å²) < 4.78 is 5.69. The number of ether oxygens (including phenoxy) is 1. The molecule has 0 radical (unpaired) electrons. The van der Waals surface area contributed by atoms with Gasteiger partial charge in [-0.3, -0.25) is 4.79 Å². The molecule has 1 aromatic carbocycles. The Morgan fingerprint density at radius 1 is 1.04 bits per heavy atom. The Labute approximate surface area is 163 Å². The zero-order valence-corrected chi connectivity index (χ0v) is 17.1. The van der Waals surface area contributed by atoms with Crippen LogP contribution >= 0.6 is 23.2 Å². The topological polar surface area (TPSA) is 52.1 Å². The number of nitrogens with zero attached hydrogens (tertiary/aromatic N) is 2. The summed E-state index contributed by atoms with van der Waals surface area (Å²) in [6.07, 6.45) is 1.42. The molecule has 26 heavy (non-hydrogen) atoms. The average molecular weight is 393 g/mol. The highest BCUT2D eigenvalue weighted by Crippen LogP contribution is 2.70. The van der Waals surface area contributed by atoms with Gasteiger partial charge in [0.25, 0.3) is 0 Å². The maximum atomic E-state index is 13.3. The van der Waals surface area contributed by atoms with E-state index in [9.17, 15) is 4.79 Å². The van der Waals surface area contributed by atoms with E-state index in [0.717, 1.165) is 24.2 Å². The molecule has 2 atom stereocenters. The summed E-state index contributed by atoms with van der Waals surface area (Å²) in [6.45, 7) is 10.2. The minimum absolute atomic E-state index is 0.176. The highest BCUT2D eigenvalue weighted by Gasteiger charge is 2.74. The summed E-state index contributed by atoms with van der Waals surface area (Å²) in [4.78, 5) is 23.1. The van der Waals surface area contributed by atoms with E-state index in [-0.39, 0.29) is 22.9 Å². The molecule has 6 heteroatoms. The predicted octanol–water partition coefficient (Wildman–Crippen LogP) is 5.22. The van der Waals surface area contributed by atoms with E-state index in [1.54, 1.807) is 12.1 Å². The van der Waals surface area contributed by atoms with E-state index in [1.807, 2.05) is 13.8 Å². The van der Waals surface area contributed by atoms with E-state index in [1.165, 1.54) is 0 Å². The Morgan fingerprint density at radius 2 is 1.58 bits per heavy atom. The van der Waals surface area contributed by atoms with Crippen molar-refractivity contribution in [3.63, 3.8) is 0 Å². The molecule has 1 aromatic heterocycles. The number of hydrogen-bond acceptors (Lipinski definition) is 4. The van der Waals surface area contributed by atoms with Gasteiger partial charge in [0.05, 0.1) is 38.6 Å². The second-order valence-electron chi connectivity index (χ2n) is 8.49. The smallest absolute Gasteiger partial charge is 0.319 e. The number of carbonyl (C=O) groups excluding carboxylic acids is 1. The van der Waals surface area contributed by atoms with Crippen LogP contribution in [0.4, 0.5) is 0 Å². The number of aromatic nitrogens is 2. The van der Waals surface area contributed by atoms with Gasteiger partial charge in [-0.1, -0.05) is 44.0 Å². The quantitative estimate of drug-likeness (QED) is 0.657. The fraction of sp³-hybridized carbons (Fsp3) is 0.550. The standard InChI is InChI=1S/C20H22Cl2N2O2/c1-10(2)26-17(25)20-7-6-19(5,18(20,3)4)15-16(20)24-14-9-12(22)11(21)8-13(14)23-15/h8-10H,6-7H2,1-5H3. The minimum atomic E-state index is -0.783. The van der Waals surface area contributed by atoms with Crippen LogP contribution in [0, 0.1) is 5.41 Å². The number of halogens is 2. The highest BCUT2D eigenvalue weighted by atomic mass is 35.5. The van der Waals surface area contributed by atoms with Gasteiger partial charge in [-0.2, -0.15) is 0 Å². The molecule has 4 rings (SSSR count). The van der Waals surface area contributed by atoms with Crippen molar-refractivity contribution in [2.75, 3.05) is 0 Å². The Balaban J connectivity index is 2.03. The van der Waals surface area contributed by atoms with E-state index in [2.05, 4.69) is 20.8 Å². The maximum absolute atomic E-state index is 13.3. The lowest BCUT2D eigenvalue weighted by atomic mass is 9.64. The lowest BCUT2D eigenvalue weighted by molar-refractivity contribution is -0.159. The minimum Gasteiger partial charge on any atom is -0.462 e. The fourth-order valence-corrected chi connectivity index (χ4v) is 5.18. The molecule has 2 aromatic rings. The predicted molar refractivity (Wildman–Crippen MR) is 103 cm³/mol. The van der Waals surface area contributed by atoms with Gasteiger partial charge >= 0.3 is 5.97 Å². The molecule has 2 aliphatic rings. The molecule has 4 nitrogen and oxygen atoms in total. The molecule has 0 N–H and O–H groups in total. The van der Waals surface area contributed by atoms with Crippen molar-refractivity contribution in [3.8, 4) is 0 Å². The summed E-state index contributed by atoms with van der Waals surface area (Å²) in [5.41, 5.74) is 1.62. The van der Waals surface area contributed by atoms with Crippen molar-refractivity contribution >= 4 is 40.2 Å². The number of carbonyl (C=O) groups is 1. The third-order valence-corrected chi connectivity index (χ3v) is 7.49. The number of rotatable bonds is 2. The zero-order valence-electron chi connectivity index (χ0n) is 15.6. The van der Waals surface area contributed by atoms with Crippen LogP contribution in [0.25, 0.3) is 11.0 Å². The van der Waals surface area contributed by atoms with Gasteiger partial charge in [-0.25, -0.2) is 9.97 Å². The summed E-state index contributed by atoms with van der Waals surface area (Å²) in [5, 5.41) is 0.885. The van der Waals surface area contributed by atoms with Crippen LogP contribution in [0.15, 0.2) is 12.1 Å². The van der Waals surface area contributed by atoms with Crippen LogP contribution in [-0.2, 0) is 20.4 Å². The van der Waals surface area contributed by atoms with E-state index >= 15 is 0 Å². The first-order valence-electron chi connectivity index (χ1n) is 8.93. The molecule has 2 aliphatic carbocycles. The van der Waals surface area contributed by atoms with Crippen molar-refractivity contribution in [1.29, 1.82) is 0 Å². The lowest BCUT2D eigenvalue weighted by Gasteiger charge is -2.39. The average Bonchev–Trinajstić information content (AvgIpc) is 2.83. The fourth-order valence-electron chi connectivity index (χ4n) is 4.86. The van der Waals surface area contributed by atoms with Crippen LogP contribution < -0.4 is 0 Å². The third-order valence-electron chi connectivity index (χ3n) is 6.77. The van der Waals surface area contributed by atoms with Crippen LogP contribution in [0.1, 0.15) is 58.8 Å². The number of benzene rings is 1. The first kappa shape index (κ1) is 18.0. The van der Waals surface area contributed by atoms with Gasteiger partial charge in [-0.15, -0.1) is 0 Å². The summed E-state index contributed by atoms with van der Waals surface area (Å²) in [7, 11) is 0. The largest absolute Gasteiger partial charge is 0.462 e. The van der Waals surface area contributed by atoms with E-state index in [4.69, 9.17) is 37.9 Å². The van der Waals surface area contributed by atoms with Crippen molar-refractivity contribution in [3.05, 3.63) is 33.6 Å². The Morgan fingerprint density at radius 3 is 2.12 bits per heavy atom. The van der Waals surface area contributed by atoms with Crippen LogP contribution in [0.5, 0.6) is 0 Å². The monoisotopic (exact) mass is 392 g/mol. The molecule has 0 amide bonds. The van der Waals surface area contributed by atoms with Gasteiger partial charge in [0.2, 0.25) is 0 Å². The molecule has 1 fully saturated rings. The maximum Gasteiger partial charge on any atom is 0.319 e. The third kappa shape index (κ3) is 1.95. The zero-order chi connectivity index (χ0) is 19.1. The molecule has 1 heterocycles. The SMILES string of the molecule is CC(C)OC(=O)C12CCC(C)(c3nc4cc(Cl)c(Cl)cc4nc31)C2(C)C. The second-order valence-corrected chi connectivity index (χ2v) is 9.31. The molecule has 0 saturated heterocycles. The number of fused-ring (bicyclic) bond motifs is 6. The van der Waals surface area contributed by atoms with Crippen LogP contribution in [0.3, 0.4) is 0 Å². The van der Waals surface area contributed by atoms with Gasteiger partial charge < -0.3 is 4.74 Å².